The number of para-hydroxylation sites is 1. The zero-order valence-electron chi connectivity index (χ0n) is 16.7. The highest BCUT2D eigenvalue weighted by Gasteiger charge is 2.36. The van der Waals surface area contributed by atoms with Gasteiger partial charge in [0.25, 0.3) is 0 Å². The SMILES string of the molecule is CC[C@H](C)[C@H]1C(=O)Nc2ccccc2CN1C(=O)CNC(=O)OC(C)(C)C. The van der Waals surface area contributed by atoms with E-state index in [2.05, 4.69) is 10.6 Å². The molecule has 1 aliphatic rings. The molecule has 2 N–H and O–H groups in total. The molecule has 0 saturated carbocycles. The molecule has 1 heterocycles. The van der Waals surface area contributed by atoms with Crippen molar-refractivity contribution in [1.29, 1.82) is 0 Å². The summed E-state index contributed by atoms with van der Waals surface area (Å²) in [5, 5.41) is 5.41. The minimum Gasteiger partial charge on any atom is -0.444 e. The van der Waals surface area contributed by atoms with E-state index in [1.165, 1.54) is 0 Å². The van der Waals surface area contributed by atoms with Gasteiger partial charge in [-0.2, -0.15) is 0 Å². The van der Waals surface area contributed by atoms with Gasteiger partial charge in [-0.1, -0.05) is 38.5 Å². The lowest BCUT2D eigenvalue weighted by Crippen LogP contribution is -2.51. The fourth-order valence-corrected chi connectivity index (χ4v) is 3.01. The van der Waals surface area contributed by atoms with Crippen molar-refractivity contribution in [2.75, 3.05) is 11.9 Å². The highest BCUT2D eigenvalue weighted by molar-refractivity contribution is 5.99. The van der Waals surface area contributed by atoms with Crippen LogP contribution in [0.25, 0.3) is 0 Å². The van der Waals surface area contributed by atoms with Gasteiger partial charge in [0.2, 0.25) is 11.8 Å². The van der Waals surface area contributed by atoms with E-state index in [0.717, 1.165) is 12.0 Å². The number of amides is 3. The molecule has 0 spiro atoms. The normalized spacial score (nSPS) is 18.0. The molecule has 0 bridgehead atoms. The third kappa shape index (κ3) is 5.45. The molecule has 3 amide bonds. The van der Waals surface area contributed by atoms with Crippen LogP contribution in [0.1, 0.15) is 46.6 Å². The lowest BCUT2D eigenvalue weighted by atomic mass is 9.96. The van der Waals surface area contributed by atoms with Gasteiger partial charge in [0, 0.05) is 12.2 Å². The van der Waals surface area contributed by atoms with Crippen LogP contribution >= 0.6 is 0 Å². The maximum atomic E-state index is 12.9. The predicted octanol–water partition coefficient (Wildman–Crippen LogP) is 2.91. The number of fused-ring (bicyclic) bond motifs is 1. The average molecular weight is 375 g/mol. The van der Waals surface area contributed by atoms with E-state index in [1.54, 1.807) is 25.7 Å². The van der Waals surface area contributed by atoms with Gasteiger partial charge < -0.3 is 20.3 Å². The molecule has 2 rings (SSSR count). The molecule has 0 radical (unpaired) electrons. The number of carbonyl (C=O) groups excluding carboxylic acids is 3. The van der Waals surface area contributed by atoms with Crippen LogP contribution < -0.4 is 10.6 Å². The van der Waals surface area contributed by atoms with Crippen LogP contribution in [0.2, 0.25) is 0 Å². The van der Waals surface area contributed by atoms with Gasteiger partial charge in [0.1, 0.15) is 18.2 Å². The summed E-state index contributed by atoms with van der Waals surface area (Å²) < 4.78 is 5.17. The van der Waals surface area contributed by atoms with Crippen LogP contribution in [-0.4, -0.2) is 41.0 Å². The number of benzene rings is 1. The Hall–Kier alpha value is -2.57. The Bertz CT molecular complexity index is 711. The van der Waals surface area contributed by atoms with Gasteiger partial charge in [-0.25, -0.2) is 4.79 Å². The molecule has 27 heavy (non-hydrogen) atoms. The van der Waals surface area contributed by atoms with Gasteiger partial charge in [-0.15, -0.1) is 0 Å². The molecule has 1 aliphatic heterocycles. The lowest BCUT2D eigenvalue weighted by Gasteiger charge is -2.32. The smallest absolute Gasteiger partial charge is 0.408 e. The van der Waals surface area contributed by atoms with Crippen molar-refractivity contribution in [2.24, 2.45) is 5.92 Å². The van der Waals surface area contributed by atoms with Crippen molar-refractivity contribution in [2.45, 2.75) is 59.2 Å². The van der Waals surface area contributed by atoms with E-state index < -0.39 is 17.7 Å². The van der Waals surface area contributed by atoms with Crippen LogP contribution in [0, 0.1) is 5.92 Å². The molecule has 0 aliphatic carbocycles. The quantitative estimate of drug-likeness (QED) is 0.847. The summed E-state index contributed by atoms with van der Waals surface area (Å²) in [5.74, 6) is -0.553. The number of anilines is 1. The monoisotopic (exact) mass is 375 g/mol. The van der Waals surface area contributed by atoms with E-state index >= 15 is 0 Å². The first-order valence-electron chi connectivity index (χ1n) is 9.27. The molecule has 0 fully saturated rings. The molecular weight excluding hydrogens is 346 g/mol. The van der Waals surface area contributed by atoms with Gasteiger partial charge in [-0.05, 0) is 38.3 Å². The summed E-state index contributed by atoms with van der Waals surface area (Å²) >= 11 is 0. The topological polar surface area (TPSA) is 87.7 Å². The molecule has 0 unspecified atom stereocenters. The summed E-state index contributed by atoms with van der Waals surface area (Å²) in [7, 11) is 0. The van der Waals surface area contributed by atoms with Crippen LogP contribution in [0.15, 0.2) is 24.3 Å². The minimum absolute atomic E-state index is 0.0233. The number of nitrogens with one attached hydrogen (secondary N) is 2. The Morgan fingerprint density at radius 3 is 2.63 bits per heavy atom. The number of rotatable bonds is 4. The lowest BCUT2D eigenvalue weighted by molar-refractivity contribution is -0.140. The van der Waals surface area contributed by atoms with Crippen molar-refractivity contribution in [3.8, 4) is 0 Å². The molecule has 1 aromatic carbocycles. The fraction of sp³-hybridized carbons (Fsp3) is 0.550. The summed E-state index contributed by atoms with van der Waals surface area (Å²) in [6, 6.07) is 6.83. The standard InChI is InChI=1S/C20H29N3O4/c1-6-13(2)17-18(25)22-15-10-8-7-9-14(15)12-23(17)16(24)11-21-19(26)27-20(3,4)5/h7-10,13,17H,6,11-12H2,1-5H3,(H,21,26)(H,22,25)/t13-,17-/m0/s1. The van der Waals surface area contributed by atoms with Crippen molar-refractivity contribution < 1.29 is 19.1 Å². The summed E-state index contributed by atoms with van der Waals surface area (Å²) in [6.07, 6.45) is 0.0909. The van der Waals surface area contributed by atoms with E-state index in [0.29, 0.717) is 12.2 Å². The maximum Gasteiger partial charge on any atom is 0.408 e. The van der Waals surface area contributed by atoms with Gasteiger partial charge in [-0.3, -0.25) is 9.59 Å². The largest absolute Gasteiger partial charge is 0.444 e. The molecule has 1 aromatic rings. The van der Waals surface area contributed by atoms with E-state index in [1.807, 2.05) is 38.1 Å². The minimum atomic E-state index is -0.657. The van der Waals surface area contributed by atoms with Crippen molar-refractivity contribution >= 4 is 23.6 Å². The molecule has 148 valence electrons. The number of alkyl carbamates (subject to hydrolysis) is 1. The number of hydrogen-bond acceptors (Lipinski definition) is 4. The van der Waals surface area contributed by atoms with Gasteiger partial charge in [0.05, 0.1) is 0 Å². The first-order valence-corrected chi connectivity index (χ1v) is 9.27. The van der Waals surface area contributed by atoms with Crippen LogP contribution in [0.4, 0.5) is 10.5 Å². The summed E-state index contributed by atoms with van der Waals surface area (Å²) in [4.78, 5) is 39.1. The number of nitrogens with zero attached hydrogens (tertiary/aromatic N) is 1. The van der Waals surface area contributed by atoms with Crippen molar-refractivity contribution in [3.05, 3.63) is 29.8 Å². The Labute approximate surface area is 160 Å². The Morgan fingerprint density at radius 2 is 2.00 bits per heavy atom. The van der Waals surface area contributed by atoms with Gasteiger partial charge >= 0.3 is 6.09 Å². The molecule has 0 aromatic heterocycles. The van der Waals surface area contributed by atoms with Gasteiger partial charge in [0.15, 0.2) is 0 Å². The third-order valence-electron chi connectivity index (χ3n) is 4.51. The number of hydrogen-bond donors (Lipinski definition) is 2. The molecule has 2 atom stereocenters. The molecule has 0 saturated heterocycles. The zero-order valence-corrected chi connectivity index (χ0v) is 16.7. The number of ether oxygens (including phenoxy) is 1. The van der Waals surface area contributed by atoms with Crippen LogP contribution in [-0.2, 0) is 20.9 Å². The third-order valence-corrected chi connectivity index (χ3v) is 4.51. The first kappa shape index (κ1) is 20.7. The summed E-state index contributed by atoms with van der Waals surface area (Å²) in [6.45, 7) is 9.27. The van der Waals surface area contributed by atoms with E-state index in [-0.39, 0.29) is 24.3 Å². The maximum absolute atomic E-state index is 12.9. The first-order chi connectivity index (χ1) is 12.6. The average Bonchev–Trinajstić information content (AvgIpc) is 2.73. The Morgan fingerprint density at radius 1 is 1.33 bits per heavy atom. The van der Waals surface area contributed by atoms with Crippen LogP contribution in [0.3, 0.4) is 0 Å². The molecule has 7 heteroatoms. The predicted molar refractivity (Wildman–Crippen MR) is 103 cm³/mol. The van der Waals surface area contributed by atoms with Crippen LogP contribution in [0.5, 0.6) is 0 Å². The highest BCUT2D eigenvalue weighted by Crippen LogP contribution is 2.27. The second kappa shape index (κ2) is 8.41. The molecule has 7 nitrogen and oxygen atoms in total. The van der Waals surface area contributed by atoms with E-state index in [9.17, 15) is 14.4 Å². The van der Waals surface area contributed by atoms with Crippen molar-refractivity contribution in [3.63, 3.8) is 0 Å². The summed E-state index contributed by atoms with van der Waals surface area (Å²) in [5.41, 5.74) is 0.932. The molecular formula is C20H29N3O4. The zero-order chi connectivity index (χ0) is 20.2. The van der Waals surface area contributed by atoms with Crippen molar-refractivity contribution in [1.82, 2.24) is 10.2 Å². The number of carbonyl (C=O) groups is 3. The second-order valence-corrected chi connectivity index (χ2v) is 7.85. The Balaban J connectivity index is 2.19. The second-order valence-electron chi connectivity index (χ2n) is 7.85. The van der Waals surface area contributed by atoms with E-state index in [4.69, 9.17) is 4.74 Å². The highest BCUT2D eigenvalue weighted by atomic mass is 16.6. The Kier molecular flexibility index (Phi) is 6.46. The fourth-order valence-electron chi connectivity index (χ4n) is 3.01.